The van der Waals surface area contributed by atoms with Crippen LogP contribution in [0.15, 0.2) is 18.2 Å². The summed E-state index contributed by atoms with van der Waals surface area (Å²) in [5, 5.41) is 14.0. The predicted octanol–water partition coefficient (Wildman–Crippen LogP) is 4.73. The van der Waals surface area contributed by atoms with Crippen LogP contribution < -0.4 is 4.74 Å². The van der Waals surface area contributed by atoms with Crippen LogP contribution in [-0.2, 0) is 11.2 Å². The molecule has 2 atom stereocenters. The summed E-state index contributed by atoms with van der Waals surface area (Å²) >= 11 is 0. The van der Waals surface area contributed by atoms with Crippen LogP contribution >= 0.6 is 0 Å². The summed E-state index contributed by atoms with van der Waals surface area (Å²) < 4.78 is 5.63. The van der Waals surface area contributed by atoms with E-state index < -0.39 is 12.0 Å². The molecule has 2 rings (SSSR count). The van der Waals surface area contributed by atoms with Crippen LogP contribution in [0.25, 0.3) is 5.32 Å². The lowest BCUT2D eigenvalue weighted by atomic mass is 9.88. The molecule has 23 heavy (non-hydrogen) atoms. The number of aryl methyl sites for hydroxylation is 1. The highest BCUT2D eigenvalue weighted by atomic mass is 16.5. The number of hydrogen-bond donors (Lipinski definition) is 1. The first-order chi connectivity index (χ1) is 10.8. The zero-order chi connectivity index (χ0) is 17.0. The summed E-state index contributed by atoms with van der Waals surface area (Å²) in [7, 11) is 0. The molecule has 1 heterocycles. The van der Waals surface area contributed by atoms with E-state index in [1.54, 1.807) is 0 Å². The van der Waals surface area contributed by atoms with Crippen molar-refractivity contribution in [3.63, 3.8) is 0 Å². The maximum atomic E-state index is 11.5. The van der Waals surface area contributed by atoms with Gasteiger partial charge in [0.1, 0.15) is 5.75 Å². The number of fused-ring (bicyclic) bond motifs is 1. The van der Waals surface area contributed by atoms with Crippen molar-refractivity contribution in [3.8, 4) is 5.75 Å². The standard InChI is InChI=1S/C19H28NO3/c1-13(20-16(18(21)22)9-10-19(2,3)4)14-7-8-17-15(12-14)6-5-11-23-17/h7-8,12-13,16H,5-6,9-11H2,1-4H3,(H,21,22)/q-1/t13-,16?/m0/s1. The van der Waals surface area contributed by atoms with Gasteiger partial charge in [-0.1, -0.05) is 51.8 Å². The van der Waals surface area contributed by atoms with Gasteiger partial charge in [0.25, 0.3) is 5.97 Å². The maximum Gasteiger partial charge on any atom is 0.285 e. The number of aliphatic carboxylic acids is 1. The number of hydrogen-bond acceptors (Lipinski definition) is 2. The van der Waals surface area contributed by atoms with Gasteiger partial charge >= 0.3 is 0 Å². The molecule has 1 N–H and O–H groups in total. The van der Waals surface area contributed by atoms with E-state index in [2.05, 4.69) is 32.2 Å². The highest BCUT2D eigenvalue weighted by Gasteiger charge is 2.16. The summed E-state index contributed by atoms with van der Waals surface area (Å²) in [4.78, 5) is 11.5. The second-order valence-corrected chi connectivity index (χ2v) is 7.60. The fraction of sp³-hybridized carbons (Fsp3) is 0.632. The van der Waals surface area contributed by atoms with Crippen LogP contribution in [-0.4, -0.2) is 23.7 Å². The van der Waals surface area contributed by atoms with E-state index in [1.165, 1.54) is 5.56 Å². The molecule has 0 radical (unpaired) electrons. The molecule has 0 aliphatic carbocycles. The number of benzene rings is 1. The monoisotopic (exact) mass is 318 g/mol. The summed E-state index contributed by atoms with van der Waals surface area (Å²) in [6.07, 6.45) is 3.48. The lowest BCUT2D eigenvalue weighted by Gasteiger charge is -2.36. The predicted molar refractivity (Wildman–Crippen MR) is 92.1 cm³/mol. The zero-order valence-corrected chi connectivity index (χ0v) is 14.6. The second kappa shape index (κ2) is 7.35. The topological polar surface area (TPSA) is 60.6 Å². The Labute approximate surface area is 139 Å². The van der Waals surface area contributed by atoms with Crippen LogP contribution in [0.1, 0.15) is 64.1 Å². The van der Waals surface area contributed by atoms with Gasteiger partial charge in [-0.3, -0.25) is 4.79 Å². The van der Waals surface area contributed by atoms with Crippen molar-refractivity contribution in [1.82, 2.24) is 0 Å². The third kappa shape index (κ3) is 5.24. The lowest BCUT2D eigenvalue weighted by molar-refractivity contribution is -0.138. The minimum atomic E-state index is -0.831. The molecule has 0 bridgehead atoms. The quantitative estimate of drug-likeness (QED) is 0.825. The molecular weight excluding hydrogens is 290 g/mol. The average Bonchev–Trinajstić information content (AvgIpc) is 2.49. The van der Waals surface area contributed by atoms with E-state index in [4.69, 9.17) is 4.74 Å². The third-order valence-electron chi connectivity index (χ3n) is 4.27. The number of ether oxygens (including phenoxy) is 1. The maximum absolute atomic E-state index is 11.5. The van der Waals surface area contributed by atoms with Crippen molar-refractivity contribution in [2.75, 3.05) is 6.61 Å². The van der Waals surface area contributed by atoms with E-state index >= 15 is 0 Å². The summed E-state index contributed by atoms with van der Waals surface area (Å²) in [5.41, 5.74) is 2.39. The summed E-state index contributed by atoms with van der Waals surface area (Å²) in [6, 6.07) is 5.34. The first kappa shape index (κ1) is 17.8. The van der Waals surface area contributed by atoms with Gasteiger partial charge in [-0.2, -0.15) is 0 Å². The molecule has 1 aliphatic heterocycles. The number of carboxylic acids is 1. The van der Waals surface area contributed by atoms with Gasteiger partial charge < -0.3 is 15.2 Å². The smallest absolute Gasteiger partial charge is 0.285 e. The molecule has 0 saturated carbocycles. The van der Waals surface area contributed by atoms with Crippen LogP contribution in [0, 0.1) is 5.41 Å². The molecule has 4 nitrogen and oxygen atoms in total. The van der Waals surface area contributed by atoms with Crippen molar-refractivity contribution in [2.45, 2.75) is 65.5 Å². The molecule has 128 valence electrons. The number of carbonyl (C=O) groups is 1. The Hall–Kier alpha value is -1.55. The van der Waals surface area contributed by atoms with Gasteiger partial charge in [-0.05, 0) is 42.3 Å². The van der Waals surface area contributed by atoms with E-state index in [9.17, 15) is 9.90 Å². The molecule has 1 aromatic carbocycles. The summed E-state index contributed by atoms with van der Waals surface area (Å²) in [5.74, 6) is 0.122. The van der Waals surface area contributed by atoms with Gasteiger partial charge in [-0.25, -0.2) is 0 Å². The highest BCUT2D eigenvalue weighted by Crippen LogP contribution is 2.33. The van der Waals surface area contributed by atoms with Gasteiger partial charge in [0.15, 0.2) is 0 Å². The van der Waals surface area contributed by atoms with Crippen molar-refractivity contribution >= 4 is 5.97 Å². The number of nitrogens with zero attached hydrogens (tertiary/aromatic N) is 1. The average molecular weight is 318 g/mol. The Kier molecular flexibility index (Phi) is 5.69. The first-order valence-electron chi connectivity index (χ1n) is 8.45. The molecule has 1 aliphatic rings. The number of carboxylic acid groups (broad SMARTS) is 1. The molecule has 0 saturated heterocycles. The van der Waals surface area contributed by atoms with E-state index in [1.807, 2.05) is 19.1 Å². The molecule has 4 heteroatoms. The molecule has 0 spiro atoms. The molecular formula is C19H28NO3-. The van der Waals surface area contributed by atoms with Gasteiger partial charge in [0.2, 0.25) is 0 Å². The zero-order valence-electron chi connectivity index (χ0n) is 14.6. The van der Waals surface area contributed by atoms with Crippen LogP contribution in [0.4, 0.5) is 0 Å². The molecule has 0 fully saturated rings. The highest BCUT2D eigenvalue weighted by molar-refractivity contribution is 5.76. The van der Waals surface area contributed by atoms with E-state index in [0.717, 1.165) is 37.2 Å². The molecule has 0 amide bonds. The number of rotatable bonds is 6. The van der Waals surface area contributed by atoms with Crippen molar-refractivity contribution in [2.24, 2.45) is 5.41 Å². The SMILES string of the molecule is C[C@H]([N-]C(CCC(C)(C)C)C(=O)O)c1ccc2c(c1)CCCO2. The Morgan fingerprint density at radius 3 is 2.78 bits per heavy atom. The lowest BCUT2D eigenvalue weighted by Crippen LogP contribution is -2.23. The van der Waals surface area contributed by atoms with Crippen LogP contribution in [0.3, 0.4) is 0 Å². The Morgan fingerprint density at radius 1 is 1.39 bits per heavy atom. The minimum Gasteiger partial charge on any atom is -0.644 e. The van der Waals surface area contributed by atoms with Crippen molar-refractivity contribution in [1.29, 1.82) is 0 Å². The van der Waals surface area contributed by atoms with Crippen molar-refractivity contribution in [3.05, 3.63) is 34.6 Å². The third-order valence-corrected chi connectivity index (χ3v) is 4.27. The van der Waals surface area contributed by atoms with Crippen LogP contribution in [0.5, 0.6) is 5.75 Å². The molecule has 1 unspecified atom stereocenters. The van der Waals surface area contributed by atoms with E-state index in [0.29, 0.717) is 6.42 Å². The second-order valence-electron chi connectivity index (χ2n) is 7.60. The first-order valence-corrected chi connectivity index (χ1v) is 8.45. The largest absolute Gasteiger partial charge is 0.644 e. The van der Waals surface area contributed by atoms with Gasteiger partial charge in [0.05, 0.1) is 6.61 Å². The Balaban J connectivity index is 2.03. The molecule has 0 aromatic heterocycles. The van der Waals surface area contributed by atoms with Gasteiger partial charge in [0, 0.05) is 0 Å². The Morgan fingerprint density at radius 2 is 2.13 bits per heavy atom. The van der Waals surface area contributed by atoms with E-state index in [-0.39, 0.29) is 11.5 Å². The normalized spacial score (nSPS) is 17.0. The Bertz CT molecular complexity index is 548. The molecule has 1 aromatic rings. The van der Waals surface area contributed by atoms with Crippen LogP contribution in [0.2, 0.25) is 0 Å². The van der Waals surface area contributed by atoms with Gasteiger partial charge in [-0.15, -0.1) is 6.04 Å². The fourth-order valence-corrected chi connectivity index (χ4v) is 2.83. The minimum absolute atomic E-state index is 0.121. The fourth-order valence-electron chi connectivity index (χ4n) is 2.83. The van der Waals surface area contributed by atoms with Crippen molar-refractivity contribution < 1.29 is 14.6 Å². The summed E-state index contributed by atoms with van der Waals surface area (Å²) in [6.45, 7) is 9.12.